The van der Waals surface area contributed by atoms with Crippen LogP contribution in [0, 0.1) is 23.7 Å². The molecule has 7 nitrogen and oxygen atoms in total. The zero-order valence-electron chi connectivity index (χ0n) is 28.0. The first-order valence-corrected chi connectivity index (χ1v) is 17.5. The Hall–Kier alpha value is -4.04. The van der Waals surface area contributed by atoms with Gasteiger partial charge in [-0.2, -0.15) is 0 Å². The summed E-state index contributed by atoms with van der Waals surface area (Å²) in [7, 11) is 0. The van der Waals surface area contributed by atoms with Crippen LogP contribution >= 0.6 is 0 Å². The molecule has 2 amide bonds. The molecule has 48 heavy (non-hydrogen) atoms. The van der Waals surface area contributed by atoms with E-state index in [1.807, 2.05) is 66.7 Å². The smallest absolute Gasteiger partial charge is 0.234 e. The quantitative estimate of drug-likeness (QED) is 0.128. The fourth-order valence-electron chi connectivity index (χ4n) is 8.20. The highest BCUT2D eigenvalue weighted by Gasteiger charge is 2.56. The van der Waals surface area contributed by atoms with Gasteiger partial charge in [0, 0.05) is 37.2 Å². The van der Waals surface area contributed by atoms with E-state index in [-0.39, 0.29) is 36.1 Å². The Labute approximate surface area is 284 Å². The number of likely N-dealkylation sites (tertiary alicyclic amines) is 2. The number of nitrogens with zero attached hydrogens (tertiary/aromatic N) is 2. The van der Waals surface area contributed by atoms with Crippen molar-refractivity contribution in [3.05, 3.63) is 113 Å². The number of phenolic OH excluding ortho intramolecular Hbond substituents is 1. The Morgan fingerprint density at radius 3 is 2.19 bits per heavy atom. The van der Waals surface area contributed by atoms with Crippen molar-refractivity contribution in [3.8, 4) is 5.75 Å². The first kappa shape index (κ1) is 33.8. The highest BCUT2D eigenvalue weighted by Crippen LogP contribution is 2.49. The maximum absolute atomic E-state index is 14.2. The minimum absolute atomic E-state index is 0.0493. The van der Waals surface area contributed by atoms with Crippen LogP contribution in [0.2, 0.25) is 0 Å². The number of aromatic hydroxyl groups is 1. The van der Waals surface area contributed by atoms with E-state index in [4.69, 9.17) is 0 Å². The zero-order valence-corrected chi connectivity index (χ0v) is 28.0. The Morgan fingerprint density at radius 2 is 1.54 bits per heavy atom. The van der Waals surface area contributed by atoms with Crippen LogP contribution < -0.4 is 0 Å². The van der Waals surface area contributed by atoms with Crippen molar-refractivity contribution < 1.29 is 24.9 Å². The third-order valence-electron chi connectivity index (χ3n) is 10.7. The van der Waals surface area contributed by atoms with Crippen molar-refractivity contribution >= 4 is 23.5 Å². The van der Waals surface area contributed by atoms with Gasteiger partial charge in [-0.15, -0.1) is 0 Å². The van der Waals surface area contributed by atoms with Gasteiger partial charge in [-0.05, 0) is 72.4 Å². The van der Waals surface area contributed by atoms with Gasteiger partial charge in [0.2, 0.25) is 11.8 Å². The Morgan fingerprint density at radius 1 is 0.896 bits per heavy atom. The lowest BCUT2D eigenvalue weighted by Gasteiger charge is -2.38. The van der Waals surface area contributed by atoms with Gasteiger partial charge in [0.1, 0.15) is 5.75 Å². The number of para-hydroxylation sites is 1. The predicted molar refractivity (Wildman–Crippen MR) is 188 cm³/mol. The second-order valence-corrected chi connectivity index (χ2v) is 13.9. The van der Waals surface area contributed by atoms with E-state index < -0.39 is 23.9 Å². The largest absolute Gasteiger partial charge is 0.507 e. The molecule has 0 aromatic heterocycles. The number of aliphatic hydroxyl groups is 2. The van der Waals surface area contributed by atoms with Crippen LogP contribution in [-0.4, -0.2) is 68.8 Å². The molecular weight excluding hydrogens is 600 g/mol. The van der Waals surface area contributed by atoms with Gasteiger partial charge in [0.05, 0.1) is 24.5 Å². The third-order valence-corrected chi connectivity index (χ3v) is 10.7. The molecular formula is C41H48N2O5. The Kier molecular flexibility index (Phi) is 10.6. The number of hydrogen-bond donors (Lipinski definition) is 3. The SMILES string of the molecule is CC(C)C1=C([C@H](O)CC/C(=C/c2ccccc2O)c2ccccc2)[C@H](CO)[C@@H]2C(=O)N(C3CCN(Cc4ccccc4)CC3)C(=O)[C@@H]2C1. The summed E-state index contributed by atoms with van der Waals surface area (Å²) in [5.74, 6) is -1.86. The summed E-state index contributed by atoms with van der Waals surface area (Å²) in [5, 5.41) is 33.2. The molecule has 0 saturated carbocycles. The molecule has 7 heteroatoms. The van der Waals surface area contributed by atoms with Crippen LogP contribution in [0.5, 0.6) is 5.75 Å². The molecule has 0 bridgehead atoms. The molecule has 252 valence electrons. The number of benzene rings is 3. The number of piperidine rings is 1. The van der Waals surface area contributed by atoms with E-state index in [1.54, 1.807) is 12.1 Å². The van der Waals surface area contributed by atoms with Crippen LogP contribution in [0.4, 0.5) is 0 Å². The number of allylic oxidation sites excluding steroid dienone is 2. The standard InChI is InChI=1S/C41H48N2O5/c1-27(2)33-24-34-39(41(48)43(40(34)47)32-19-21-42(22-20-32)25-28-11-5-3-6-12-28)35(26-44)38(33)37(46)18-17-30(29-13-7-4-8-14-29)23-31-15-9-10-16-36(31)45/h3-16,23,27,32,34-35,37,39,44-46H,17-22,24-26H2,1-2H3/b30-23-/t34-,35+,37-,39-/m1/s1. The maximum atomic E-state index is 14.2. The highest BCUT2D eigenvalue weighted by molar-refractivity contribution is 6.06. The zero-order chi connectivity index (χ0) is 33.8. The van der Waals surface area contributed by atoms with Gasteiger partial charge in [0.15, 0.2) is 0 Å². The first-order chi connectivity index (χ1) is 23.3. The molecule has 3 aliphatic rings. The van der Waals surface area contributed by atoms with Crippen molar-refractivity contribution in [1.29, 1.82) is 0 Å². The van der Waals surface area contributed by atoms with E-state index in [0.29, 0.717) is 24.8 Å². The van der Waals surface area contributed by atoms with Crippen LogP contribution in [0.1, 0.15) is 62.6 Å². The molecule has 3 aromatic rings. The summed E-state index contributed by atoms with van der Waals surface area (Å²) in [6, 6.07) is 27.3. The van der Waals surface area contributed by atoms with Crippen LogP contribution in [0.25, 0.3) is 11.6 Å². The Bertz CT molecular complexity index is 1640. The number of phenols is 1. The number of carbonyl (C=O) groups is 2. The lowest BCUT2D eigenvalue weighted by atomic mass is 9.66. The predicted octanol–water partition coefficient (Wildman–Crippen LogP) is 6.30. The summed E-state index contributed by atoms with van der Waals surface area (Å²) < 4.78 is 0. The van der Waals surface area contributed by atoms with Crippen LogP contribution in [-0.2, 0) is 16.1 Å². The number of fused-ring (bicyclic) bond motifs is 1. The average molecular weight is 649 g/mol. The molecule has 6 rings (SSSR count). The molecule has 3 aromatic carbocycles. The number of amides is 2. The molecule has 2 aliphatic heterocycles. The number of aliphatic hydroxyl groups excluding tert-OH is 2. The first-order valence-electron chi connectivity index (χ1n) is 17.5. The second-order valence-electron chi connectivity index (χ2n) is 13.9. The minimum atomic E-state index is -0.893. The molecule has 3 N–H and O–H groups in total. The average Bonchev–Trinajstić information content (AvgIpc) is 3.36. The topological polar surface area (TPSA) is 101 Å². The lowest BCUT2D eigenvalue weighted by Crippen LogP contribution is -2.47. The number of rotatable bonds is 11. The molecule has 2 fully saturated rings. The van der Waals surface area contributed by atoms with Gasteiger partial charge in [-0.3, -0.25) is 19.4 Å². The summed E-state index contributed by atoms with van der Waals surface area (Å²) in [4.78, 5) is 32.1. The summed E-state index contributed by atoms with van der Waals surface area (Å²) >= 11 is 0. The van der Waals surface area contributed by atoms with Gasteiger partial charge in [-0.25, -0.2) is 0 Å². The van der Waals surface area contributed by atoms with Crippen molar-refractivity contribution in [1.82, 2.24) is 9.80 Å². The molecule has 0 radical (unpaired) electrons. The second kappa shape index (κ2) is 15.0. The number of hydrogen-bond acceptors (Lipinski definition) is 6. The van der Waals surface area contributed by atoms with Crippen molar-refractivity contribution in [2.45, 2.75) is 64.6 Å². The van der Waals surface area contributed by atoms with Gasteiger partial charge < -0.3 is 15.3 Å². The van der Waals surface area contributed by atoms with E-state index in [0.717, 1.165) is 54.8 Å². The molecule has 4 atom stereocenters. The lowest BCUT2D eigenvalue weighted by molar-refractivity contribution is -0.144. The van der Waals surface area contributed by atoms with Gasteiger partial charge >= 0.3 is 0 Å². The van der Waals surface area contributed by atoms with Crippen molar-refractivity contribution in [2.75, 3.05) is 19.7 Å². The number of imide groups is 1. The summed E-state index contributed by atoms with van der Waals surface area (Å²) in [5.41, 5.74) is 5.62. The van der Waals surface area contributed by atoms with Gasteiger partial charge in [-0.1, -0.05) is 98.3 Å². The highest BCUT2D eigenvalue weighted by atomic mass is 16.3. The van der Waals surface area contributed by atoms with Crippen LogP contribution in [0.3, 0.4) is 0 Å². The van der Waals surface area contributed by atoms with Crippen molar-refractivity contribution in [3.63, 3.8) is 0 Å². The monoisotopic (exact) mass is 648 g/mol. The third kappa shape index (κ3) is 7.05. The van der Waals surface area contributed by atoms with E-state index >= 15 is 0 Å². The molecule has 2 heterocycles. The molecule has 1 aliphatic carbocycles. The van der Waals surface area contributed by atoms with Crippen LogP contribution in [0.15, 0.2) is 96.1 Å². The number of carbonyl (C=O) groups excluding carboxylic acids is 2. The summed E-state index contributed by atoms with van der Waals surface area (Å²) in [6.07, 6.45) is 3.85. The normalized spacial score (nSPS) is 23.2. The minimum Gasteiger partial charge on any atom is -0.507 e. The fourth-order valence-corrected chi connectivity index (χ4v) is 8.20. The maximum Gasteiger partial charge on any atom is 0.234 e. The van der Waals surface area contributed by atoms with Gasteiger partial charge in [0.25, 0.3) is 0 Å². The molecule has 0 unspecified atom stereocenters. The van der Waals surface area contributed by atoms with E-state index in [9.17, 15) is 24.9 Å². The Balaban J connectivity index is 1.20. The molecule has 0 spiro atoms. The van der Waals surface area contributed by atoms with E-state index in [2.05, 4.69) is 30.9 Å². The molecule has 2 saturated heterocycles. The summed E-state index contributed by atoms with van der Waals surface area (Å²) in [6.45, 7) is 6.30. The van der Waals surface area contributed by atoms with Crippen molar-refractivity contribution in [2.24, 2.45) is 23.7 Å². The fraction of sp³-hybridized carbons (Fsp3) is 0.415. The van der Waals surface area contributed by atoms with E-state index in [1.165, 1.54) is 10.5 Å².